The van der Waals surface area contributed by atoms with E-state index in [1.165, 1.54) is 12.1 Å². The molecular formula is C12H16N2O4. The number of hydrogen-bond donors (Lipinski definition) is 2. The maximum atomic E-state index is 10.8. The Balaban J connectivity index is 2.91. The van der Waals surface area contributed by atoms with E-state index in [1.807, 2.05) is 0 Å². The van der Waals surface area contributed by atoms with Gasteiger partial charge in [0.05, 0.1) is 10.8 Å². The van der Waals surface area contributed by atoms with E-state index in [4.69, 9.17) is 5.11 Å². The first-order valence-corrected chi connectivity index (χ1v) is 5.56. The maximum Gasteiger partial charge on any atom is 0.308 e. The third kappa shape index (κ3) is 3.44. The second-order valence-electron chi connectivity index (χ2n) is 4.37. The summed E-state index contributed by atoms with van der Waals surface area (Å²) in [6, 6.07) is 4.30. The third-order valence-corrected chi connectivity index (χ3v) is 2.81. The monoisotopic (exact) mass is 252 g/mol. The lowest BCUT2D eigenvalue weighted by Crippen LogP contribution is -2.29. The van der Waals surface area contributed by atoms with Crippen LogP contribution >= 0.6 is 0 Å². The maximum absolute atomic E-state index is 10.8. The molecule has 0 aliphatic heterocycles. The van der Waals surface area contributed by atoms with Crippen LogP contribution < -0.4 is 5.32 Å². The molecule has 2 N–H and O–H groups in total. The van der Waals surface area contributed by atoms with Crippen LogP contribution in [0.4, 0.5) is 11.4 Å². The SMILES string of the molecule is Cc1cc(NC(C)C(C)C(=O)O)cc([N+](=O)[O-])c1. The Morgan fingerprint density at radius 2 is 2.00 bits per heavy atom. The summed E-state index contributed by atoms with van der Waals surface area (Å²) in [4.78, 5) is 21.1. The van der Waals surface area contributed by atoms with Gasteiger partial charge in [-0.2, -0.15) is 0 Å². The van der Waals surface area contributed by atoms with Gasteiger partial charge in [0.2, 0.25) is 0 Å². The third-order valence-electron chi connectivity index (χ3n) is 2.81. The van der Waals surface area contributed by atoms with E-state index in [9.17, 15) is 14.9 Å². The number of hydrogen-bond acceptors (Lipinski definition) is 4. The van der Waals surface area contributed by atoms with Crippen LogP contribution in [0.5, 0.6) is 0 Å². The zero-order chi connectivity index (χ0) is 13.9. The summed E-state index contributed by atoms with van der Waals surface area (Å²) in [6.45, 7) is 5.07. The Bertz CT molecular complexity index is 473. The second kappa shape index (κ2) is 5.48. The number of anilines is 1. The van der Waals surface area contributed by atoms with E-state index in [2.05, 4.69) is 5.32 Å². The molecule has 0 heterocycles. The van der Waals surface area contributed by atoms with Crippen LogP contribution in [-0.4, -0.2) is 22.0 Å². The topological polar surface area (TPSA) is 92.5 Å². The fourth-order valence-corrected chi connectivity index (χ4v) is 1.55. The van der Waals surface area contributed by atoms with Crippen LogP contribution in [0, 0.1) is 23.0 Å². The van der Waals surface area contributed by atoms with Crippen molar-refractivity contribution < 1.29 is 14.8 Å². The van der Waals surface area contributed by atoms with Gasteiger partial charge < -0.3 is 10.4 Å². The summed E-state index contributed by atoms with van der Waals surface area (Å²) in [5.74, 6) is -1.48. The molecule has 0 spiro atoms. The lowest BCUT2D eigenvalue weighted by Gasteiger charge is -2.19. The molecule has 98 valence electrons. The van der Waals surface area contributed by atoms with Crippen molar-refractivity contribution in [3.8, 4) is 0 Å². The normalized spacial score (nSPS) is 13.7. The fourth-order valence-electron chi connectivity index (χ4n) is 1.55. The summed E-state index contributed by atoms with van der Waals surface area (Å²) >= 11 is 0. The zero-order valence-electron chi connectivity index (χ0n) is 10.5. The van der Waals surface area contributed by atoms with Crippen molar-refractivity contribution in [2.45, 2.75) is 26.8 Å². The minimum absolute atomic E-state index is 0.00678. The van der Waals surface area contributed by atoms with Crippen molar-refractivity contribution in [1.82, 2.24) is 0 Å². The number of rotatable bonds is 5. The predicted molar refractivity (Wildman–Crippen MR) is 67.7 cm³/mol. The molecule has 1 rings (SSSR count). The summed E-state index contributed by atoms with van der Waals surface area (Å²) in [6.07, 6.45) is 0. The highest BCUT2D eigenvalue weighted by molar-refractivity contribution is 5.71. The minimum Gasteiger partial charge on any atom is -0.481 e. The van der Waals surface area contributed by atoms with E-state index in [1.54, 1.807) is 26.8 Å². The Morgan fingerprint density at radius 1 is 1.39 bits per heavy atom. The van der Waals surface area contributed by atoms with Crippen molar-refractivity contribution >= 4 is 17.3 Å². The van der Waals surface area contributed by atoms with Crippen molar-refractivity contribution in [3.63, 3.8) is 0 Å². The van der Waals surface area contributed by atoms with Gasteiger partial charge in [-0.3, -0.25) is 14.9 Å². The molecular weight excluding hydrogens is 236 g/mol. The first-order chi connectivity index (χ1) is 8.31. The van der Waals surface area contributed by atoms with Gasteiger partial charge in [0.15, 0.2) is 0 Å². The van der Waals surface area contributed by atoms with E-state index >= 15 is 0 Å². The highest BCUT2D eigenvalue weighted by Crippen LogP contribution is 2.22. The molecule has 0 fully saturated rings. The zero-order valence-corrected chi connectivity index (χ0v) is 10.5. The fraction of sp³-hybridized carbons (Fsp3) is 0.417. The molecule has 0 saturated carbocycles. The van der Waals surface area contributed by atoms with Gasteiger partial charge in [-0.05, 0) is 32.4 Å². The second-order valence-corrected chi connectivity index (χ2v) is 4.37. The molecule has 0 aromatic heterocycles. The molecule has 1 aromatic rings. The van der Waals surface area contributed by atoms with Gasteiger partial charge in [-0.15, -0.1) is 0 Å². The number of nitro groups is 1. The van der Waals surface area contributed by atoms with Crippen molar-refractivity contribution in [1.29, 1.82) is 0 Å². The van der Waals surface area contributed by atoms with Crippen molar-refractivity contribution in [2.24, 2.45) is 5.92 Å². The lowest BCUT2D eigenvalue weighted by molar-refractivity contribution is -0.384. The highest BCUT2D eigenvalue weighted by Gasteiger charge is 2.19. The lowest BCUT2D eigenvalue weighted by atomic mass is 10.0. The Kier molecular flexibility index (Phi) is 4.25. The molecule has 6 nitrogen and oxygen atoms in total. The largest absolute Gasteiger partial charge is 0.481 e. The van der Waals surface area contributed by atoms with Crippen LogP contribution in [0.2, 0.25) is 0 Å². The standard InChI is InChI=1S/C12H16N2O4/c1-7-4-10(6-11(5-7)14(17)18)13-9(3)8(2)12(15)16/h4-6,8-9,13H,1-3H3,(H,15,16). The van der Waals surface area contributed by atoms with Crippen molar-refractivity contribution in [2.75, 3.05) is 5.32 Å². The molecule has 0 saturated heterocycles. The number of nitrogens with one attached hydrogen (secondary N) is 1. The number of aliphatic carboxylic acids is 1. The first kappa shape index (κ1) is 14.0. The number of benzene rings is 1. The summed E-state index contributed by atoms with van der Waals surface area (Å²) in [5, 5.41) is 22.6. The average Bonchev–Trinajstić information content (AvgIpc) is 2.26. The van der Waals surface area contributed by atoms with Crippen LogP contribution in [-0.2, 0) is 4.79 Å². The summed E-state index contributed by atoms with van der Waals surface area (Å²) < 4.78 is 0. The molecule has 1 aromatic carbocycles. The molecule has 0 amide bonds. The van der Waals surface area contributed by atoms with Gasteiger partial charge in [-0.25, -0.2) is 0 Å². The summed E-state index contributed by atoms with van der Waals surface area (Å²) in [5.41, 5.74) is 1.30. The van der Waals surface area contributed by atoms with Gasteiger partial charge in [0, 0.05) is 23.9 Å². The average molecular weight is 252 g/mol. The molecule has 2 atom stereocenters. The predicted octanol–water partition coefficient (Wildman–Crippen LogP) is 2.42. The minimum atomic E-state index is -0.905. The van der Waals surface area contributed by atoms with Gasteiger partial charge in [-0.1, -0.05) is 0 Å². The van der Waals surface area contributed by atoms with E-state index < -0.39 is 16.8 Å². The number of carbonyl (C=O) groups is 1. The van der Waals surface area contributed by atoms with Crippen LogP contribution in [0.3, 0.4) is 0 Å². The van der Waals surface area contributed by atoms with E-state index in [0.717, 1.165) is 5.56 Å². The van der Waals surface area contributed by atoms with E-state index in [0.29, 0.717) is 5.69 Å². The molecule has 0 radical (unpaired) electrons. The number of nitrogens with zero attached hydrogens (tertiary/aromatic N) is 1. The molecule has 0 aliphatic carbocycles. The number of carboxylic acid groups (broad SMARTS) is 1. The number of nitro benzene ring substituents is 1. The smallest absolute Gasteiger partial charge is 0.308 e. The molecule has 6 heteroatoms. The van der Waals surface area contributed by atoms with Gasteiger partial charge in [0.25, 0.3) is 5.69 Å². The van der Waals surface area contributed by atoms with Crippen molar-refractivity contribution in [3.05, 3.63) is 33.9 Å². The molecule has 0 aliphatic rings. The first-order valence-electron chi connectivity index (χ1n) is 5.56. The Hall–Kier alpha value is -2.11. The Labute approximate surface area is 105 Å². The summed E-state index contributed by atoms with van der Waals surface area (Å²) in [7, 11) is 0. The van der Waals surface area contributed by atoms with Crippen LogP contribution in [0.25, 0.3) is 0 Å². The highest BCUT2D eigenvalue weighted by atomic mass is 16.6. The number of non-ortho nitro benzene ring substituents is 1. The van der Waals surface area contributed by atoms with E-state index in [-0.39, 0.29) is 11.7 Å². The number of aryl methyl sites for hydroxylation is 1. The van der Waals surface area contributed by atoms with Gasteiger partial charge in [0.1, 0.15) is 0 Å². The molecule has 0 bridgehead atoms. The Morgan fingerprint density at radius 3 is 2.50 bits per heavy atom. The number of carboxylic acids is 1. The molecule has 2 unspecified atom stereocenters. The van der Waals surface area contributed by atoms with Crippen LogP contribution in [0.15, 0.2) is 18.2 Å². The quantitative estimate of drug-likeness (QED) is 0.620. The molecule has 18 heavy (non-hydrogen) atoms. The van der Waals surface area contributed by atoms with Crippen LogP contribution in [0.1, 0.15) is 19.4 Å². The van der Waals surface area contributed by atoms with Gasteiger partial charge >= 0.3 is 5.97 Å².